The van der Waals surface area contributed by atoms with Gasteiger partial charge in [0.15, 0.2) is 0 Å². The van der Waals surface area contributed by atoms with E-state index < -0.39 is 11.7 Å². The quantitative estimate of drug-likeness (QED) is 0.846. The van der Waals surface area contributed by atoms with E-state index in [1.165, 1.54) is 12.1 Å². The maximum atomic E-state index is 12.5. The van der Waals surface area contributed by atoms with Gasteiger partial charge >= 0.3 is 6.18 Å². The molecule has 0 saturated heterocycles. The minimum atomic E-state index is -4.33. The molecule has 0 aliphatic heterocycles. The summed E-state index contributed by atoms with van der Waals surface area (Å²) in [6, 6.07) is 8.82. The van der Waals surface area contributed by atoms with E-state index in [4.69, 9.17) is 0 Å². The Hall–Kier alpha value is -1.86. The van der Waals surface area contributed by atoms with E-state index >= 15 is 0 Å². The van der Waals surface area contributed by atoms with Gasteiger partial charge < -0.3 is 5.32 Å². The van der Waals surface area contributed by atoms with Crippen LogP contribution < -0.4 is 5.32 Å². The Morgan fingerprint density at radius 2 is 1.92 bits per heavy atom. The maximum Gasteiger partial charge on any atom is 0.416 e. The van der Waals surface area contributed by atoms with Crippen molar-refractivity contribution in [2.75, 3.05) is 13.6 Å². The van der Waals surface area contributed by atoms with Crippen LogP contribution in [0.15, 0.2) is 41.8 Å². The predicted molar refractivity (Wildman–Crippen MR) is 88.7 cm³/mol. The Morgan fingerprint density at radius 3 is 2.46 bits per heavy atom. The van der Waals surface area contributed by atoms with E-state index in [0.29, 0.717) is 6.54 Å². The Morgan fingerprint density at radius 1 is 1.25 bits per heavy atom. The number of carbonyl (C=O) groups excluding carboxylic acids is 1. The molecule has 2 aromatic rings. The molecular weight excluding hydrogens is 337 g/mol. The summed E-state index contributed by atoms with van der Waals surface area (Å²) in [6.45, 7) is 2.50. The molecule has 0 bridgehead atoms. The lowest BCUT2D eigenvalue weighted by molar-refractivity contribution is -0.137. The molecule has 1 N–H and O–H groups in total. The van der Waals surface area contributed by atoms with Gasteiger partial charge in [0.05, 0.1) is 18.2 Å². The highest BCUT2D eigenvalue weighted by atomic mass is 32.1. The maximum absolute atomic E-state index is 12.5. The van der Waals surface area contributed by atoms with Crippen LogP contribution >= 0.6 is 11.3 Å². The second-order valence-electron chi connectivity index (χ2n) is 5.67. The molecular formula is C17H19F3N2OS. The number of rotatable bonds is 6. The third-order valence-electron chi connectivity index (χ3n) is 3.49. The molecule has 0 fully saturated rings. The largest absolute Gasteiger partial charge is 0.416 e. The van der Waals surface area contributed by atoms with Crippen molar-refractivity contribution in [3.63, 3.8) is 0 Å². The number of nitrogens with zero attached hydrogens (tertiary/aromatic N) is 1. The first-order chi connectivity index (χ1) is 11.3. The van der Waals surface area contributed by atoms with Gasteiger partial charge in [0.25, 0.3) is 0 Å². The zero-order valence-electron chi connectivity index (χ0n) is 13.4. The highest BCUT2D eigenvalue weighted by Gasteiger charge is 2.29. The first kappa shape index (κ1) is 18.5. The lowest BCUT2D eigenvalue weighted by atomic mass is 10.1. The van der Waals surface area contributed by atoms with Crippen LogP contribution in [0.2, 0.25) is 0 Å². The van der Waals surface area contributed by atoms with Gasteiger partial charge in [0, 0.05) is 11.4 Å². The minimum Gasteiger partial charge on any atom is -0.348 e. The highest BCUT2D eigenvalue weighted by molar-refractivity contribution is 7.10. The number of nitrogens with one attached hydrogen (secondary N) is 1. The molecule has 0 spiro atoms. The molecule has 1 heterocycles. The van der Waals surface area contributed by atoms with Gasteiger partial charge in [-0.05, 0) is 43.1 Å². The lowest BCUT2D eigenvalue weighted by Gasteiger charge is -2.19. The summed E-state index contributed by atoms with van der Waals surface area (Å²) >= 11 is 1.58. The van der Waals surface area contributed by atoms with Crippen LogP contribution in [0.3, 0.4) is 0 Å². The van der Waals surface area contributed by atoms with Crippen LogP contribution in [0, 0.1) is 0 Å². The van der Waals surface area contributed by atoms with E-state index in [-0.39, 0.29) is 18.5 Å². The van der Waals surface area contributed by atoms with Gasteiger partial charge in [0.1, 0.15) is 0 Å². The third-order valence-corrected chi connectivity index (χ3v) is 4.55. The number of thiophene rings is 1. The van der Waals surface area contributed by atoms with E-state index in [1.807, 2.05) is 24.4 Å². The molecule has 1 aromatic carbocycles. The van der Waals surface area contributed by atoms with Crippen LogP contribution in [0.1, 0.15) is 29.0 Å². The summed E-state index contributed by atoms with van der Waals surface area (Å²) in [7, 11) is 1.76. The van der Waals surface area contributed by atoms with Gasteiger partial charge in [-0.3, -0.25) is 9.69 Å². The van der Waals surface area contributed by atoms with Crippen LogP contribution in [-0.4, -0.2) is 24.4 Å². The molecule has 0 unspecified atom stereocenters. The normalized spacial score (nSPS) is 13.1. The smallest absolute Gasteiger partial charge is 0.348 e. The molecule has 3 nitrogen and oxygen atoms in total. The summed E-state index contributed by atoms with van der Waals surface area (Å²) in [4.78, 5) is 14.9. The number of hydrogen-bond acceptors (Lipinski definition) is 3. The topological polar surface area (TPSA) is 32.3 Å². The number of hydrogen-bond donors (Lipinski definition) is 1. The van der Waals surface area contributed by atoms with E-state index in [0.717, 1.165) is 22.6 Å². The van der Waals surface area contributed by atoms with Gasteiger partial charge in [-0.25, -0.2) is 0 Å². The first-order valence-corrected chi connectivity index (χ1v) is 8.31. The second kappa shape index (κ2) is 7.81. The summed E-state index contributed by atoms with van der Waals surface area (Å²) in [6.07, 6.45) is -4.33. The average Bonchev–Trinajstić information content (AvgIpc) is 3.00. The summed E-state index contributed by atoms with van der Waals surface area (Å²) < 4.78 is 37.6. The van der Waals surface area contributed by atoms with Gasteiger partial charge in [0.2, 0.25) is 5.91 Å². The molecule has 1 amide bonds. The van der Waals surface area contributed by atoms with Crippen molar-refractivity contribution in [3.05, 3.63) is 57.8 Å². The van der Waals surface area contributed by atoms with Crippen molar-refractivity contribution < 1.29 is 18.0 Å². The van der Waals surface area contributed by atoms with Crippen molar-refractivity contribution in [3.8, 4) is 0 Å². The fourth-order valence-electron chi connectivity index (χ4n) is 2.31. The molecule has 0 radical (unpaired) electrons. The molecule has 1 aromatic heterocycles. The first-order valence-electron chi connectivity index (χ1n) is 7.43. The highest BCUT2D eigenvalue weighted by Crippen LogP contribution is 2.29. The zero-order chi connectivity index (χ0) is 17.7. The average molecular weight is 356 g/mol. The third kappa shape index (κ3) is 5.35. The van der Waals surface area contributed by atoms with E-state index in [2.05, 4.69) is 5.32 Å². The molecule has 130 valence electrons. The molecule has 2 rings (SSSR count). The minimum absolute atomic E-state index is 0.0584. The van der Waals surface area contributed by atoms with Crippen LogP contribution in [0.5, 0.6) is 0 Å². The van der Waals surface area contributed by atoms with E-state index in [1.54, 1.807) is 23.3 Å². The van der Waals surface area contributed by atoms with Crippen LogP contribution in [-0.2, 0) is 17.5 Å². The summed E-state index contributed by atoms with van der Waals surface area (Å²) in [5, 5.41) is 4.86. The lowest BCUT2D eigenvalue weighted by Crippen LogP contribution is -2.36. The number of amides is 1. The standard InChI is InChI=1S/C17H19F3N2OS/c1-12(15-4-3-9-24-15)21-16(23)11-22(2)10-13-5-7-14(8-6-13)17(18,19)20/h3-9,12H,10-11H2,1-2H3,(H,21,23)/t12-/m0/s1. The van der Waals surface area contributed by atoms with Crippen molar-refractivity contribution in [2.24, 2.45) is 0 Å². The van der Waals surface area contributed by atoms with E-state index in [9.17, 15) is 18.0 Å². The summed E-state index contributed by atoms with van der Waals surface area (Å²) in [5.41, 5.74) is 0.0565. The van der Waals surface area contributed by atoms with Gasteiger partial charge in [-0.2, -0.15) is 13.2 Å². The predicted octanol–water partition coefficient (Wildman–Crippen LogP) is 4.08. The number of halogens is 3. The Bertz CT molecular complexity index is 653. The molecule has 0 saturated carbocycles. The number of carbonyl (C=O) groups is 1. The molecule has 0 aliphatic carbocycles. The fourth-order valence-corrected chi connectivity index (χ4v) is 3.04. The summed E-state index contributed by atoms with van der Waals surface area (Å²) in [5.74, 6) is -0.120. The number of benzene rings is 1. The Labute approximate surface area is 143 Å². The Kier molecular flexibility index (Phi) is 6.01. The molecule has 1 atom stereocenters. The zero-order valence-corrected chi connectivity index (χ0v) is 14.2. The van der Waals surface area contributed by atoms with Crippen molar-refractivity contribution >= 4 is 17.2 Å². The SMILES string of the molecule is C[C@H](NC(=O)CN(C)Cc1ccc(C(F)(F)F)cc1)c1cccs1. The molecule has 0 aliphatic rings. The monoisotopic (exact) mass is 356 g/mol. The van der Waals surface area contributed by atoms with Crippen molar-refractivity contribution in [1.82, 2.24) is 10.2 Å². The van der Waals surface area contributed by atoms with Gasteiger partial charge in [-0.1, -0.05) is 18.2 Å². The number of alkyl halides is 3. The number of likely N-dealkylation sites (N-methyl/N-ethyl adjacent to an activating group) is 1. The van der Waals surface area contributed by atoms with Crippen LogP contribution in [0.4, 0.5) is 13.2 Å². The van der Waals surface area contributed by atoms with Gasteiger partial charge in [-0.15, -0.1) is 11.3 Å². The second-order valence-corrected chi connectivity index (χ2v) is 6.65. The van der Waals surface area contributed by atoms with Crippen molar-refractivity contribution in [1.29, 1.82) is 0 Å². The van der Waals surface area contributed by atoms with Crippen LogP contribution in [0.25, 0.3) is 0 Å². The molecule has 7 heteroatoms. The molecule has 24 heavy (non-hydrogen) atoms. The fraction of sp³-hybridized carbons (Fsp3) is 0.353. The van der Waals surface area contributed by atoms with Crippen molar-refractivity contribution in [2.45, 2.75) is 25.7 Å². The Balaban J connectivity index is 1.84.